The van der Waals surface area contributed by atoms with Gasteiger partial charge in [-0.25, -0.2) is 0 Å². The van der Waals surface area contributed by atoms with Gasteiger partial charge in [0.05, 0.1) is 6.04 Å². The third-order valence-corrected chi connectivity index (χ3v) is 5.52. The molecule has 0 radical (unpaired) electrons. The summed E-state index contributed by atoms with van der Waals surface area (Å²) in [6.07, 6.45) is 0.581. The molecule has 1 aromatic heterocycles. The Hall–Kier alpha value is 0.0200. The highest BCUT2D eigenvalue weighted by Gasteiger charge is 2.19. The molecule has 2 rings (SSSR count). The number of amides is 1. The predicted octanol–water partition coefficient (Wildman–Crippen LogP) is 2.41. The molecule has 2 unspecified atom stereocenters. The molecule has 8 heteroatoms. The lowest BCUT2D eigenvalue weighted by atomic mass is 10.2. The van der Waals surface area contributed by atoms with Crippen LogP contribution in [0.25, 0.3) is 0 Å². The van der Waals surface area contributed by atoms with E-state index in [2.05, 4.69) is 47.1 Å². The first-order chi connectivity index (χ1) is 9.66. The summed E-state index contributed by atoms with van der Waals surface area (Å²) in [5, 5.41) is 8.55. The number of hydrogen-bond donors (Lipinski definition) is 2. The number of thiophene rings is 1. The van der Waals surface area contributed by atoms with Gasteiger partial charge in [0.15, 0.2) is 0 Å². The van der Waals surface area contributed by atoms with E-state index in [9.17, 15) is 4.79 Å². The van der Waals surface area contributed by atoms with E-state index >= 15 is 0 Å². The van der Waals surface area contributed by atoms with Crippen molar-refractivity contribution in [2.45, 2.75) is 18.5 Å². The Labute approximate surface area is 153 Å². The van der Waals surface area contributed by atoms with Gasteiger partial charge in [-0.05, 0) is 25.5 Å². The van der Waals surface area contributed by atoms with Gasteiger partial charge in [-0.1, -0.05) is 6.07 Å². The first-order valence-electron chi connectivity index (χ1n) is 6.94. The second-order valence-electron chi connectivity index (χ2n) is 5.23. The molecule has 2 N–H and O–H groups in total. The molecule has 1 aliphatic heterocycles. The van der Waals surface area contributed by atoms with Crippen LogP contribution in [0.3, 0.4) is 0 Å². The summed E-state index contributed by atoms with van der Waals surface area (Å²) < 4.78 is 0. The summed E-state index contributed by atoms with van der Waals surface area (Å²) in [5.41, 5.74) is 0. The molecule has 1 saturated heterocycles. The van der Waals surface area contributed by atoms with E-state index in [1.807, 2.05) is 11.8 Å². The topological polar surface area (TPSA) is 44.4 Å². The molecule has 0 bridgehead atoms. The average molecular weight is 386 g/mol. The van der Waals surface area contributed by atoms with Crippen LogP contribution in [0.1, 0.15) is 17.3 Å². The van der Waals surface area contributed by atoms with E-state index in [-0.39, 0.29) is 36.8 Å². The van der Waals surface area contributed by atoms with Crippen molar-refractivity contribution in [1.29, 1.82) is 0 Å². The Morgan fingerprint density at radius 3 is 2.82 bits per heavy atom. The largest absolute Gasteiger partial charge is 0.354 e. The van der Waals surface area contributed by atoms with Crippen LogP contribution in [0.15, 0.2) is 17.5 Å². The maximum atomic E-state index is 12.0. The highest BCUT2D eigenvalue weighted by Crippen LogP contribution is 2.22. The van der Waals surface area contributed by atoms with Crippen molar-refractivity contribution in [3.05, 3.63) is 22.4 Å². The van der Waals surface area contributed by atoms with Crippen molar-refractivity contribution < 1.29 is 4.79 Å². The highest BCUT2D eigenvalue weighted by atomic mass is 35.5. The maximum Gasteiger partial charge on any atom is 0.221 e. The first kappa shape index (κ1) is 22.0. The summed E-state index contributed by atoms with van der Waals surface area (Å²) in [7, 11) is 4.10. The molecule has 128 valence electrons. The van der Waals surface area contributed by atoms with E-state index in [1.54, 1.807) is 11.3 Å². The number of halogens is 2. The van der Waals surface area contributed by atoms with Crippen molar-refractivity contribution in [1.82, 2.24) is 15.5 Å². The van der Waals surface area contributed by atoms with Crippen molar-refractivity contribution >= 4 is 53.8 Å². The minimum atomic E-state index is 0. The molecule has 0 aliphatic carbocycles. The minimum absolute atomic E-state index is 0. The van der Waals surface area contributed by atoms with Gasteiger partial charge in [-0.3, -0.25) is 4.79 Å². The number of likely N-dealkylation sites (N-methyl/N-ethyl adjacent to an activating group) is 1. The Bertz CT molecular complexity index is 412. The highest BCUT2D eigenvalue weighted by molar-refractivity contribution is 7.99. The molecular formula is C14H25Cl2N3OS2. The molecule has 0 saturated carbocycles. The molecule has 2 heterocycles. The quantitative estimate of drug-likeness (QED) is 0.788. The zero-order valence-corrected chi connectivity index (χ0v) is 16.2. The van der Waals surface area contributed by atoms with Crippen molar-refractivity contribution in [2.24, 2.45) is 0 Å². The zero-order chi connectivity index (χ0) is 14.4. The monoisotopic (exact) mass is 385 g/mol. The fraction of sp³-hybridized carbons (Fsp3) is 0.643. The van der Waals surface area contributed by atoms with Gasteiger partial charge in [0.1, 0.15) is 0 Å². The SMILES string of the molecule is CN(C)C(CNC(=O)CC1CSCCN1)c1cccs1.Cl.Cl. The lowest BCUT2D eigenvalue weighted by Crippen LogP contribution is -2.42. The van der Waals surface area contributed by atoms with Gasteiger partial charge < -0.3 is 15.5 Å². The van der Waals surface area contributed by atoms with Gasteiger partial charge in [-0.15, -0.1) is 36.2 Å². The van der Waals surface area contributed by atoms with Gasteiger partial charge in [-0.2, -0.15) is 11.8 Å². The molecule has 2 atom stereocenters. The number of rotatable bonds is 6. The molecule has 4 nitrogen and oxygen atoms in total. The van der Waals surface area contributed by atoms with Gasteiger partial charge in [0.25, 0.3) is 0 Å². The van der Waals surface area contributed by atoms with Gasteiger partial charge in [0, 0.05) is 41.9 Å². The van der Waals surface area contributed by atoms with Crippen molar-refractivity contribution in [2.75, 3.05) is 38.7 Å². The van der Waals surface area contributed by atoms with E-state index < -0.39 is 0 Å². The second-order valence-corrected chi connectivity index (χ2v) is 7.36. The van der Waals surface area contributed by atoms with Crippen molar-refractivity contribution in [3.8, 4) is 0 Å². The molecule has 22 heavy (non-hydrogen) atoms. The van der Waals surface area contributed by atoms with Gasteiger partial charge in [0.2, 0.25) is 5.91 Å². The predicted molar refractivity (Wildman–Crippen MR) is 102 cm³/mol. The fourth-order valence-corrected chi connectivity index (χ4v) is 4.15. The molecule has 1 amide bonds. The van der Waals surface area contributed by atoms with Crippen LogP contribution in [0.4, 0.5) is 0 Å². The van der Waals surface area contributed by atoms with Crippen molar-refractivity contribution in [3.63, 3.8) is 0 Å². The lowest BCUT2D eigenvalue weighted by molar-refractivity contribution is -0.121. The molecule has 0 aromatic carbocycles. The van der Waals surface area contributed by atoms with E-state index in [0.717, 1.165) is 18.1 Å². The van der Waals surface area contributed by atoms with Crippen LogP contribution in [-0.4, -0.2) is 55.5 Å². The van der Waals surface area contributed by atoms with Crippen LogP contribution < -0.4 is 10.6 Å². The van der Waals surface area contributed by atoms with Crippen LogP contribution in [0.5, 0.6) is 0 Å². The number of hydrogen-bond acceptors (Lipinski definition) is 5. The number of nitrogens with zero attached hydrogens (tertiary/aromatic N) is 1. The third-order valence-electron chi connectivity index (χ3n) is 3.42. The maximum absolute atomic E-state index is 12.0. The first-order valence-corrected chi connectivity index (χ1v) is 8.98. The summed E-state index contributed by atoms with van der Waals surface area (Å²) in [6, 6.07) is 4.77. The van der Waals surface area contributed by atoms with Gasteiger partial charge >= 0.3 is 0 Å². The third kappa shape index (κ3) is 7.06. The molecular weight excluding hydrogens is 361 g/mol. The second kappa shape index (κ2) is 11.5. The number of carbonyl (C=O) groups excluding carboxylic acids is 1. The lowest BCUT2D eigenvalue weighted by Gasteiger charge is -2.25. The molecule has 1 aromatic rings. The Morgan fingerprint density at radius 2 is 2.27 bits per heavy atom. The normalized spacial score (nSPS) is 19.0. The Kier molecular flexibility index (Phi) is 11.6. The summed E-state index contributed by atoms with van der Waals surface area (Å²) in [5.74, 6) is 2.34. The molecule has 0 spiro atoms. The van der Waals surface area contributed by atoms with Crippen LogP contribution >= 0.6 is 47.9 Å². The fourth-order valence-electron chi connectivity index (χ4n) is 2.28. The smallest absolute Gasteiger partial charge is 0.221 e. The molecule has 1 fully saturated rings. The minimum Gasteiger partial charge on any atom is -0.354 e. The average Bonchev–Trinajstić information content (AvgIpc) is 2.93. The standard InChI is InChI=1S/C14H23N3OS2.2ClH/c1-17(2)12(13-4-3-6-20-13)9-16-14(18)8-11-10-19-7-5-15-11;;/h3-4,6,11-12,15H,5,7-10H2,1-2H3,(H,16,18);2*1H. The van der Waals surface area contributed by atoms with Crippen LogP contribution in [-0.2, 0) is 4.79 Å². The summed E-state index contributed by atoms with van der Waals surface area (Å²) >= 11 is 3.66. The summed E-state index contributed by atoms with van der Waals surface area (Å²) in [4.78, 5) is 15.5. The Morgan fingerprint density at radius 1 is 1.50 bits per heavy atom. The van der Waals surface area contributed by atoms with Crippen LogP contribution in [0, 0.1) is 0 Å². The Balaban J connectivity index is 0.00000220. The molecule has 1 aliphatic rings. The van der Waals surface area contributed by atoms with E-state index in [1.165, 1.54) is 4.88 Å². The van der Waals surface area contributed by atoms with Crippen LogP contribution in [0.2, 0.25) is 0 Å². The number of carbonyl (C=O) groups is 1. The number of thioether (sulfide) groups is 1. The number of nitrogens with one attached hydrogen (secondary N) is 2. The summed E-state index contributed by atoms with van der Waals surface area (Å²) in [6.45, 7) is 1.68. The zero-order valence-electron chi connectivity index (χ0n) is 12.9. The van der Waals surface area contributed by atoms with E-state index in [4.69, 9.17) is 0 Å². The van der Waals surface area contributed by atoms with E-state index in [0.29, 0.717) is 19.0 Å².